The Hall–Kier alpha value is -2.70. The molecule has 132 valence electrons. The number of aromatic nitrogens is 1. The van der Waals surface area contributed by atoms with E-state index in [9.17, 15) is 18.0 Å². The number of nitrogens with zero attached hydrogens (tertiary/aromatic N) is 1. The van der Waals surface area contributed by atoms with Gasteiger partial charge in [-0.05, 0) is 24.1 Å². The van der Waals surface area contributed by atoms with Gasteiger partial charge in [0.1, 0.15) is 5.69 Å². The van der Waals surface area contributed by atoms with E-state index in [1.54, 1.807) is 22.8 Å². The molecule has 0 spiro atoms. The molecule has 0 bridgehead atoms. The van der Waals surface area contributed by atoms with E-state index in [0.29, 0.717) is 28.9 Å². The Labute approximate surface area is 142 Å². The average molecular weight is 350 g/mol. The maximum Gasteiger partial charge on any atom is 0.416 e. The molecule has 3 rings (SSSR count). The van der Waals surface area contributed by atoms with Gasteiger partial charge in [-0.1, -0.05) is 19.1 Å². The lowest BCUT2D eigenvalue weighted by molar-refractivity contribution is -0.137. The molecule has 2 aromatic heterocycles. The number of carbonyl (C=O) groups excluding carboxylic acids is 1. The van der Waals surface area contributed by atoms with Crippen LogP contribution in [-0.2, 0) is 12.7 Å². The number of furan rings is 1. The molecule has 0 aliphatic rings. The number of hydrogen-bond acceptors (Lipinski definition) is 2. The molecule has 0 saturated heterocycles. The summed E-state index contributed by atoms with van der Waals surface area (Å²) in [6.07, 6.45) is -2.13. The number of nitrogens with one attached hydrogen (secondary N) is 1. The molecular weight excluding hydrogens is 333 g/mol. The third-order valence-corrected chi connectivity index (χ3v) is 3.89. The van der Waals surface area contributed by atoms with Gasteiger partial charge in [-0.2, -0.15) is 13.2 Å². The zero-order valence-corrected chi connectivity index (χ0v) is 13.6. The number of fused-ring (bicyclic) bond motifs is 1. The molecule has 0 saturated carbocycles. The largest absolute Gasteiger partial charge is 0.463 e. The van der Waals surface area contributed by atoms with Crippen molar-refractivity contribution in [2.24, 2.45) is 0 Å². The normalized spacial score (nSPS) is 11.8. The Morgan fingerprint density at radius 2 is 2.04 bits per heavy atom. The summed E-state index contributed by atoms with van der Waals surface area (Å²) >= 11 is 0. The molecule has 1 aromatic carbocycles. The molecule has 0 fully saturated rings. The van der Waals surface area contributed by atoms with Gasteiger partial charge in [0.15, 0.2) is 5.58 Å². The van der Waals surface area contributed by atoms with Gasteiger partial charge in [0.25, 0.3) is 5.91 Å². The van der Waals surface area contributed by atoms with Crippen molar-refractivity contribution in [3.63, 3.8) is 0 Å². The Bertz CT molecular complexity index is 893. The quantitative estimate of drug-likeness (QED) is 0.739. The van der Waals surface area contributed by atoms with Crippen molar-refractivity contribution in [3.05, 3.63) is 59.5 Å². The van der Waals surface area contributed by atoms with Crippen LogP contribution < -0.4 is 5.32 Å². The highest BCUT2D eigenvalue weighted by atomic mass is 19.4. The van der Waals surface area contributed by atoms with Gasteiger partial charge in [0.05, 0.1) is 17.3 Å². The number of amides is 1. The highest BCUT2D eigenvalue weighted by molar-refractivity contribution is 5.97. The van der Waals surface area contributed by atoms with E-state index >= 15 is 0 Å². The van der Waals surface area contributed by atoms with E-state index in [0.717, 1.165) is 18.6 Å². The fourth-order valence-electron chi connectivity index (χ4n) is 2.69. The highest BCUT2D eigenvalue weighted by Crippen LogP contribution is 2.30. The van der Waals surface area contributed by atoms with Crippen molar-refractivity contribution in [1.82, 2.24) is 9.88 Å². The standard InChI is InChI=1S/C18H17F3N2O2/c1-2-7-22-17(24)15-10-16-14(6-8-25-16)23(15)11-12-4-3-5-13(9-12)18(19,20)21/h3-6,8-10H,2,7,11H2,1H3,(H,22,24). The van der Waals surface area contributed by atoms with Crippen molar-refractivity contribution in [1.29, 1.82) is 0 Å². The molecule has 7 heteroatoms. The lowest BCUT2D eigenvalue weighted by Gasteiger charge is -2.12. The summed E-state index contributed by atoms with van der Waals surface area (Å²) in [6.45, 7) is 2.60. The van der Waals surface area contributed by atoms with Crippen molar-refractivity contribution < 1.29 is 22.4 Å². The molecule has 0 radical (unpaired) electrons. The van der Waals surface area contributed by atoms with Gasteiger partial charge in [-0.3, -0.25) is 4.79 Å². The first-order valence-corrected chi connectivity index (χ1v) is 7.91. The minimum Gasteiger partial charge on any atom is -0.463 e. The summed E-state index contributed by atoms with van der Waals surface area (Å²) in [7, 11) is 0. The fraction of sp³-hybridized carbons (Fsp3) is 0.278. The minimum absolute atomic E-state index is 0.141. The van der Waals surface area contributed by atoms with Crippen molar-refractivity contribution in [2.75, 3.05) is 6.54 Å². The van der Waals surface area contributed by atoms with Crippen LogP contribution in [0.4, 0.5) is 13.2 Å². The lowest BCUT2D eigenvalue weighted by atomic mass is 10.1. The van der Waals surface area contributed by atoms with Crippen LogP contribution in [-0.4, -0.2) is 17.0 Å². The maximum absolute atomic E-state index is 12.9. The maximum atomic E-state index is 12.9. The van der Waals surface area contributed by atoms with Crippen LogP contribution in [0, 0.1) is 0 Å². The Balaban J connectivity index is 1.98. The van der Waals surface area contributed by atoms with Crippen molar-refractivity contribution in [3.8, 4) is 0 Å². The van der Waals surface area contributed by atoms with Crippen LogP contribution in [0.3, 0.4) is 0 Å². The second-order valence-electron chi connectivity index (χ2n) is 5.74. The molecule has 1 N–H and O–H groups in total. The fourth-order valence-corrected chi connectivity index (χ4v) is 2.69. The molecule has 1 amide bonds. The Morgan fingerprint density at radius 1 is 1.24 bits per heavy atom. The van der Waals surface area contributed by atoms with Crippen LogP contribution in [0.5, 0.6) is 0 Å². The minimum atomic E-state index is -4.40. The van der Waals surface area contributed by atoms with E-state index < -0.39 is 11.7 Å². The number of halogens is 3. The van der Waals surface area contributed by atoms with E-state index in [1.807, 2.05) is 6.92 Å². The first kappa shape index (κ1) is 17.1. The first-order chi connectivity index (χ1) is 11.9. The van der Waals surface area contributed by atoms with E-state index in [4.69, 9.17) is 4.42 Å². The summed E-state index contributed by atoms with van der Waals surface area (Å²) in [4.78, 5) is 12.4. The van der Waals surface area contributed by atoms with Gasteiger partial charge in [0.2, 0.25) is 0 Å². The van der Waals surface area contributed by atoms with Crippen LogP contribution in [0.2, 0.25) is 0 Å². The molecule has 0 aliphatic heterocycles. The number of benzene rings is 1. The molecule has 0 atom stereocenters. The van der Waals surface area contributed by atoms with Crippen LogP contribution in [0.25, 0.3) is 11.1 Å². The zero-order chi connectivity index (χ0) is 18.0. The van der Waals surface area contributed by atoms with Crippen LogP contribution >= 0.6 is 0 Å². The SMILES string of the molecule is CCCNC(=O)c1cc2occc2n1Cc1cccc(C(F)(F)F)c1. The molecule has 4 nitrogen and oxygen atoms in total. The molecule has 3 aromatic rings. The van der Waals surface area contributed by atoms with Crippen LogP contribution in [0.1, 0.15) is 35.0 Å². The van der Waals surface area contributed by atoms with Gasteiger partial charge >= 0.3 is 6.18 Å². The topological polar surface area (TPSA) is 47.2 Å². The van der Waals surface area contributed by atoms with E-state index in [2.05, 4.69) is 5.32 Å². The Kier molecular flexibility index (Phi) is 4.57. The first-order valence-electron chi connectivity index (χ1n) is 7.91. The molecule has 2 heterocycles. The molecule has 25 heavy (non-hydrogen) atoms. The van der Waals surface area contributed by atoms with Crippen molar-refractivity contribution >= 4 is 17.0 Å². The van der Waals surface area contributed by atoms with E-state index in [1.165, 1.54) is 12.3 Å². The van der Waals surface area contributed by atoms with Crippen LogP contribution in [0.15, 0.2) is 47.1 Å². The number of carbonyl (C=O) groups is 1. The number of alkyl halides is 3. The van der Waals surface area contributed by atoms with Gasteiger partial charge in [-0.25, -0.2) is 0 Å². The summed E-state index contributed by atoms with van der Waals surface area (Å²) in [5.74, 6) is -0.278. The smallest absolute Gasteiger partial charge is 0.416 e. The number of hydrogen-bond donors (Lipinski definition) is 1. The monoisotopic (exact) mass is 350 g/mol. The predicted molar refractivity (Wildman–Crippen MR) is 87.4 cm³/mol. The summed E-state index contributed by atoms with van der Waals surface area (Å²) in [5.41, 5.74) is 1.29. The average Bonchev–Trinajstić information content (AvgIpc) is 3.15. The highest BCUT2D eigenvalue weighted by Gasteiger charge is 2.30. The Morgan fingerprint density at radius 3 is 2.76 bits per heavy atom. The predicted octanol–water partition coefficient (Wildman–Crippen LogP) is 4.44. The van der Waals surface area contributed by atoms with Gasteiger partial charge in [0, 0.05) is 25.2 Å². The molecular formula is C18H17F3N2O2. The second kappa shape index (κ2) is 6.66. The second-order valence-corrected chi connectivity index (χ2v) is 5.74. The molecule has 0 aliphatic carbocycles. The number of rotatable bonds is 5. The summed E-state index contributed by atoms with van der Waals surface area (Å²) in [5, 5.41) is 2.78. The zero-order valence-electron chi connectivity index (χ0n) is 13.6. The van der Waals surface area contributed by atoms with E-state index in [-0.39, 0.29) is 12.5 Å². The van der Waals surface area contributed by atoms with Gasteiger partial charge in [-0.15, -0.1) is 0 Å². The lowest BCUT2D eigenvalue weighted by Crippen LogP contribution is -2.26. The molecule has 0 unspecified atom stereocenters. The summed E-state index contributed by atoms with van der Waals surface area (Å²) in [6, 6.07) is 8.40. The van der Waals surface area contributed by atoms with Gasteiger partial charge < -0.3 is 14.3 Å². The van der Waals surface area contributed by atoms with Crippen molar-refractivity contribution in [2.45, 2.75) is 26.1 Å². The third-order valence-electron chi connectivity index (χ3n) is 3.89. The summed E-state index contributed by atoms with van der Waals surface area (Å²) < 4.78 is 45.7. The third kappa shape index (κ3) is 3.55.